The Hall–Kier alpha value is -0.530. The van der Waals surface area contributed by atoms with Crippen molar-refractivity contribution in [2.24, 2.45) is 0 Å². The van der Waals surface area contributed by atoms with Crippen molar-refractivity contribution in [1.29, 1.82) is 0 Å². The number of benzene rings is 1. The third kappa shape index (κ3) is 7.27. The first-order chi connectivity index (χ1) is 10.7. The van der Waals surface area contributed by atoms with Crippen LogP contribution in [-0.2, 0) is 0 Å². The van der Waals surface area contributed by atoms with E-state index in [0.717, 1.165) is 4.48 Å². The van der Waals surface area contributed by atoms with Gasteiger partial charge < -0.3 is 12.4 Å². The van der Waals surface area contributed by atoms with Gasteiger partial charge in [-0.25, -0.2) is 0 Å². The Morgan fingerprint density at radius 1 is 0.739 bits per heavy atom. The Labute approximate surface area is 151 Å². The molecule has 1 nitrogen and oxygen atoms in total. The highest BCUT2D eigenvalue weighted by Gasteiger charge is 2.27. The van der Waals surface area contributed by atoms with Crippen molar-refractivity contribution in [1.82, 2.24) is 4.48 Å². The average Bonchev–Trinajstić information content (AvgIpc) is 2.55. The van der Waals surface area contributed by atoms with Gasteiger partial charge in [0, 0.05) is 5.56 Å². The molecule has 0 amide bonds. The van der Waals surface area contributed by atoms with E-state index in [9.17, 15) is 0 Å². The van der Waals surface area contributed by atoms with Gasteiger partial charge in [-0.05, 0) is 39.7 Å². The number of hydrogen-bond acceptors (Lipinski definition) is 0. The van der Waals surface area contributed by atoms with Crippen LogP contribution in [0.15, 0.2) is 24.3 Å². The van der Waals surface area contributed by atoms with Gasteiger partial charge in [0.15, 0.2) is 0 Å². The summed E-state index contributed by atoms with van der Waals surface area (Å²) < 4.78 is 1.16. The number of rotatable bonds is 12. The zero-order valence-electron chi connectivity index (χ0n) is 15.9. The molecule has 0 aliphatic rings. The van der Waals surface area contributed by atoms with E-state index in [1.165, 1.54) is 82.3 Å². The van der Waals surface area contributed by atoms with Crippen LogP contribution in [0.3, 0.4) is 0 Å². The number of unbranched alkanes of at least 4 members (excludes halogenated alkanes) is 7. The number of aryl methyl sites for hydroxylation is 1. The Morgan fingerprint density at radius 3 is 1.78 bits per heavy atom. The second-order valence-electron chi connectivity index (χ2n) is 6.76. The van der Waals surface area contributed by atoms with Crippen LogP contribution in [0, 0.1) is 6.92 Å². The van der Waals surface area contributed by atoms with Gasteiger partial charge in [0.25, 0.3) is 0 Å². The maximum absolute atomic E-state index is 2.35. The average molecular weight is 340 g/mol. The highest BCUT2D eigenvalue weighted by Crippen LogP contribution is 2.27. The van der Waals surface area contributed by atoms with Crippen LogP contribution in [0.5, 0.6) is 0 Å². The van der Waals surface area contributed by atoms with E-state index in [0.29, 0.717) is 0 Å². The van der Waals surface area contributed by atoms with Crippen molar-refractivity contribution in [3.8, 4) is 0 Å². The van der Waals surface area contributed by atoms with Crippen LogP contribution in [0.2, 0.25) is 0 Å². The van der Waals surface area contributed by atoms with Crippen LogP contribution in [-0.4, -0.2) is 19.6 Å². The normalized spacial score (nSPS) is 11.3. The lowest BCUT2D eigenvalue weighted by Gasteiger charge is -2.37. The lowest BCUT2D eigenvalue weighted by Crippen LogP contribution is -3.00. The first-order valence-electron chi connectivity index (χ1n) is 9.62. The van der Waals surface area contributed by atoms with Gasteiger partial charge in [-0.2, -0.15) is 0 Å². The predicted octanol–water partition coefficient (Wildman–Crippen LogP) is 3.49. The van der Waals surface area contributed by atoms with Crippen LogP contribution in [0.25, 0.3) is 0 Å². The number of hydrogen-bond donors (Lipinski definition) is 0. The maximum atomic E-state index is 2.35. The van der Waals surface area contributed by atoms with Crippen molar-refractivity contribution in [3.63, 3.8) is 0 Å². The summed E-state index contributed by atoms with van der Waals surface area (Å²) in [5, 5.41) is 0. The number of para-hydroxylation sites is 1. The molecule has 1 aromatic rings. The predicted molar refractivity (Wildman–Crippen MR) is 102 cm³/mol. The third-order valence-electron chi connectivity index (χ3n) is 5.28. The zero-order chi connectivity index (χ0) is 16.3. The van der Waals surface area contributed by atoms with E-state index < -0.39 is 0 Å². The Balaban J connectivity index is 0.00000484. The summed E-state index contributed by atoms with van der Waals surface area (Å²) in [7, 11) is 0. The third-order valence-corrected chi connectivity index (χ3v) is 5.28. The maximum Gasteiger partial charge on any atom is 0.135 e. The molecule has 0 spiro atoms. The molecule has 0 radical (unpaired) electrons. The molecule has 0 heterocycles. The second kappa shape index (κ2) is 12.8. The van der Waals surface area contributed by atoms with E-state index in [4.69, 9.17) is 0 Å². The summed E-state index contributed by atoms with van der Waals surface area (Å²) in [6.07, 6.45) is 11.3. The highest BCUT2D eigenvalue weighted by atomic mass is 35.5. The minimum atomic E-state index is 0. The molecule has 0 bridgehead atoms. The van der Waals surface area contributed by atoms with E-state index in [-0.39, 0.29) is 12.4 Å². The first kappa shape index (κ1) is 22.5. The van der Waals surface area contributed by atoms with Crippen molar-refractivity contribution >= 4 is 5.69 Å². The molecule has 1 rings (SSSR count). The van der Waals surface area contributed by atoms with Gasteiger partial charge >= 0.3 is 0 Å². The molecule has 0 saturated heterocycles. The fraction of sp³-hybridized carbons (Fsp3) is 0.714. The molecule has 2 heteroatoms. The summed E-state index contributed by atoms with van der Waals surface area (Å²) in [5.74, 6) is 0. The molecule has 0 atom stereocenters. The number of halogens is 1. The Kier molecular flexibility index (Phi) is 12.5. The SMILES string of the molecule is CCCCCCCCCC[N+](CC)(CC)c1ccccc1C.[Cl-]. The van der Waals surface area contributed by atoms with E-state index in [2.05, 4.69) is 52.0 Å². The highest BCUT2D eigenvalue weighted by molar-refractivity contribution is 5.49. The van der Waals surface area contributed by atoms with Gasteiger partial charge in [-0.3, -0.25) is 4.48 Å². The van der Waals surface area contributed by atoms with Crippen LogP contribution in [0.4, 0.5) is 5.69 Å². The smallest absolute Gasteiger partial charge is 0.135 e. The standard InChI is InChI=1S/C21H38N.ClH/c1-5-8-9-10-11-12-13-16-19-22(6-2,7-3)21-18-15-14-17-20(21)4;/h14-15,17-18H,5-13,16,19H2,1-4H3;1H/q+1;/p-1. The molecular weight excluding hydrogens is 302 g/mol. The van der Waals surface area contributed by atoms with Crippen LogP contribution in [0.1, 0.15) is 77.7 Å². The second-order valence-corrected chi connectivity index (χ2v) is 6.76. The lowest BCUT2D eigenvalue weighted by molar-refractivity contribution is -0.00000490. The summed E-state index contributed by atoms with van der Waals surface area (Å²) in [4.78, 5) is 0. The van der Waals surface area contributed by atoms with Crippen molar-refractivity contribution in [3.05, 3.63) is 29.8 Å². The minimum absolute atomic E-state index is 0. The van der Waals surface area contributed by atoms with E-state index in [1.54, 1.807) is 0 Å². The van der Waals surface area contributed by atoms with Crippen molar-refractivity contribution in [2.75, 3.05) is 19.6 Å². The van der Waals surface area contributed by atoms with E-state index >= 15 is 0 Å². The zero-order valence-corrected chi connectivity index (χ0v) is 16.7. The molecule has 0 aromatic heterocycles. The fourth-order valence-electron chi connectivity index (χ4n) is 3.64. The van der Waals surface area contributed by atoms with Gasteiger partial charge in [-0.15, -0.1) is 0 Å². The van der Waals surface area contributed by atoms with Crippen LogP contribution < -0.4 is 16.9 Å². The molecule has 0 saturated carbocycles. The Bertz CT molecular complexity index is 399. The molecule has 0 N–H and O–H groups in total. The lowest BCUT2D eigenvalue weighted by atomic mass is 10.1. The Morgan fingerprint density at radius 2 is 1.26 bits per heavy atom. The van der Waals surface area contributed by atoms with Gasteiger partial charge in [0.1, 0.15) is 5.69 Å². The first-order valence-corrected chi connectivity index (χ1v) is 9.62. The molecule has 0 unspecified atom stereocenters. The fourth-order valence-corrected chi connectivity index (χ4v) is 3.64. The molecule has 23 heavy (non-hydrogen) atoms. The van der Waals surface area contributed by atoms with Crippen LogP contribution >= 0.6 is 0 Å². The largest absolute Gasteiger partial charge is 1.00 e. The van der Waals surface area contributed by atoms with Crippen molar-refractivity contribution in [2.45, 2.75) is 79.1 Å². The monoisotopic (exact) mass is 339 g/mol. The number of nitrogens with zero attached hydrogens (tertiary/aromatic N) is 1. The van der Waals surface area contributed by atoms with Gasteiger partial charge in [-0.1, -0.05) is 63.6 Å². The quantitative estimate of drug-likeness (QED) is 0.404. The molecule has 0 aliphatic heterocycles. The summed E-state index contributed by atoms with van der Waals surface area (Å²) >= 11 is 0. The van der Waals surface area contributed by atoms with Crippen molar-refractivity contribution < 1.29 is 12.4 Å². The van der Waals surface area contributed by atoms with E-state index in [1.807, 2.05) is 0 Å². The molecule has 0 fully saturated rings. The molecule has 134 valence electrons. The van der Waals surface area contributed by atoms with Gasteiger partial charge in [0.05, 0.1) is 19.6 Å². The summed E-state index contributed by atoms with van der Waals surface area (Å²) in [6.45, 7) is 13.0. The molecule has 0 aliphatic carbocycles. The summed E-state index contributed by atoms with van der Waals surface area (Å²) in [5.41, 5.74) is 2.99. The molecular formula is C21H38ClN. The minimum Gasteiger partial charge on any atom is -1.00 e. The number of quaternary nitrogens is 1. The topological polar surface area (TPSA) is 0 Å². The summed E-state index contributed by atoms with van der Waals surface area (Å²) in [6, 6.07) is 8.97. The molecule has 1 aromatic carbocycles. The van der Waals surface area contributed by atoms with Gasteiger partial charge in [0.2, 0.25) is 0 Å².